The van der Waals surface area contributed by atoms with Crippen LogP contribution in [0.15, 0.2) is 22.7 Å². The molecule has 0 aromatic heterocycles. The SMILES string of the molecule is N#Cc1ccc(NC2CCC(=O)NC2=O)cc1Br. The zero-order valence-corrected chi connectivity index (χ0v) is 11.0. The van der Waals surface area contributed by atoms with Crippen LogP contribution in [0.4, 0.5) is 5.69 Å². The Morgan fingerprint density at radius 2 is 2.22 bits per heavy atom. The van der Waals surface area contributed by atoms with Crippen molar-refractivity contribution >= 4 is 33.4 Å². The van der Waals surface area contributed by atoms with Gasteiger partial charge in [0.2, 0.25) is 11.8 Å². The summed E-state index contributed by atoms with van der Waals surface area (Å²) in [5.41, 5.74) is 1.26. The number of nitrogens with one attached hydrogen (secondary N) is 2. The summed E-state index contributed by atoms with van der Waals surface area (Å²) in [5, 5.41) is 14.1. The van der Waals surface area contributed by atoms with Gasteiger partial charge in [-0.1, -0.05) is 0 Å². The lowest BCUT2D eigenvalue weighted by Crippen LogP contribution is -2.47. The number of benzene rings is 1. The second-order valence-electron chi connectivity index (χ2n) is 3.95. The van der Waals surface area contributed by atoms with Gasteiger partial charge in [-0.05, 0) is 40.5 Å². The molecule has 2 rings (SSSR count). The molecular weight excluding hydrogens is 298 g/mol. The molecular formula is C12H10BrN3O2. The summed E-state index contributed by atoms with van der Waals surface area (Å²) in [6.07, 6.45) is 0.809. The van der Waals surface area contributed by atoms with Crippen LogP contribution in [0.3, 0.4) is 0 Å². The van der Waals surface area contributed by atoms with E-state index in [0.717, 1.165) is 5.69 Å². The summed E-state index contributed by atoms with van der Waals surface area (Å²) in [5.74, 6) is -0.550. The van der Waals surface area contributed by atoms with Crippen molar-refractivity contribution < 1.29 is 9.59 Å². The molecule has 2 N–H and O–H groups in total. The molecule has 1 aromatic rings. The van der Waals surface area contributed by atoms with E-state index in [4.69, 9.17) is 5.26 Å². The molecule has 1 aliphatic heterocycles. The first-order valence-corrected chi connectivity index (χ1v) is 6.19. The van der Waals surface area contributed by atoms with Gasteiger partial charge < -0.3 is 5.32 Å². The van der Waals surface area contributed by atoms with Crippen molar-refractivity contribution in [2.24, 2.45) is 0 Å². The number of carbonyl (C=O) groups is 2. The molecule has 1 fully saturated rings. The lowest BCUT2D eigenvalue weighted by Gasteiger charge is -2.22. The Balaban J connectivity index is 2.10. The predicted molar refractivity (Wildman–Crippen MR) is 68.7 cm³/mol. The topological polar surface area (TPSA) is 82.0 Å². The van der Waals surface area contributed by atoms with E-state index >= 15 is 0 Å². The Morgan fingerprint density at radius 3 is 2.83 bits per heavy atom. The third-order valence-electron chi connectivity index (χ3n) is 2.67. The Labute approximate surface area is 112 Å². The molecule has 5 nitrogen and oxygen atoms in total. The van der Waals surface area contributed by atoms with Crippen LogP contribution in [0, 0.1) is 11.3 Å². The van der Waals surface area contributed by atoms with Crippen LogP contribution in [-0.2, 0) is 9.59 Å². The summed E-state index contributed by atoms with van der Waals surface area (Å²) in [7, 11) is 0. The van der Waals surface area contributed by atoms with Crippen LogP contribution in [0.25, 0.3) is 0 Å². The van der Waals surface area contributed by atoms with E-state index in [1.165, 1.54) is 0 Å². The number of carbonyl (C=O) groups excluding carboxylic acids is 2. The molecule has 2 amide bonds. The van der Waals surface area contributed by atoms with Crippen molar-refractivity contribution in [2.45, 2.75) is 18.9 Å². The molecule has 0 radical (unpaired) electrons. The summed E-state index contributed by atoms with van der Waals surface area (Å²) in [6.45, 7) is 0. The first kappa shape index (κ1) is 12.6. The normalized spacial score (nSPS) is 19.0. The summed E-state index contributed by atoms with van der Waals surface area (Å²) < 4.78 is 0.669. The smallest absolute Gasteiger partial charge is 0.249 e. The van der Waals surface area contributed by atoms with Gasteiger partial charge in [0, 0.05) is 16.6 Å². The zero-order valence-electron chi connectivity index (χ0n) is 9.37. The van der Waals surface area contributed by atoms with Gasteiger partial charge in [0.05, 0.1) is 5.56 Å². The highest BCUT2D eigenvalue weighted by molar-refractivity contribution is 9.10. The predicted octanol–water partition coefficient (Wildman–Crippen LogP) is 1.54. The van der Waals surface area contributed by atoms with E-state index < -0.39 is 6.04 Å². The average Bonchev–Trinajstić information content (AvgIpc) is 2.33. The minimum absolute atomic E-state index is 0.237. The molecule has 1 aromatic carbocycles. The van der Waals surface area contributed by atoms with Crippen LogP contribution >= 0.6 is 15.9 Å². The number of amides is 2. The van der Waals surface area contributed by atoms with Crippen LogP contribution in [0.2, 0.25) is 0 Å². The quantitative estimate of drug-likeness (QED) is 0.812. The fourth-order valence-electron chi connectivity index (χ4n) is 1.73. The van der Waals surface area contributed by atoms with Gasteiger partial charge in [0.1, 0.15) is 12.1 Å². The number of imide groups is 1. The van der Waals surface area contributed by atoms with Gasteiger partial charge in [-0.3, -0.25) is 14.9 Å². The standard InChI is InChI=1S/C12H10BrN3O2/c13-9-5-8(2-1-7(9)6-14)15-10-3-4-11(17)16-12(10)18/h1-2,5,10,15H,3-4H2,(H,16,17,18). The highest BCUT2D eigenvalue weighted by Crippen LogP contribution is 2.22. The Hall–Kier alpha value is -1.87. The first-order valence-electron chi connectivity index (χ1n) is 5.40. The first-order chi connectivity index (χ1) is 8.60. The van der Waals surface area contributed by atoms with Gasteiger partial charge in [-0.15, -0.1) is 0 Å². The third-order valence-corrected chi connectivity index (χ3v) is 3.33. The van der Waals surface area contributed by atoms with Crippen molar-refractivity contribution in [3.8, 4) is 6.07 Å². The minimum Gasteiger partial charge on any atom is -0.374 e. The number of nitrogens with zero attached hydrogens (tertiary/aromatic N) is 1. The molecule has 18 heavy (non-hydrogen) atoms. The van der Waals surface area contributed by atoms with E-state index in [1.54, 1.807) is 18.2 Å². The number of nitriles is 1. The van der Waals surface area contributed by atoms with E-state index in [-0.39, 0.29) is 11.8 Å². The summed E-state index contributed by atoms with van der Waals surface area (Å²) >= 11 is 3.28. The molecule has 1 unspecified atom stereocenters. The van der Waals surface area contributed by atoms with Crippen molar-refractivity contribution in [2.75, 3.05) is 5.32 Å². The molecule has 1 aliphatic rings. The Bertz CT molecular complexity index is 551. The number of rotatable bonds is 2. The van der Waals surface area contributed by atoms with Gasteiger partial charge in [-0.2, -0.15) is 5.26 Å². The molecule has 0 spiro atoms. The van der Waals surface area contributed by atoms with E-state index in [9.17, 15) is 9.59 Å². The molecule has 0 aliphatic carbocycles. The number of halogens is 1. The fraction of sp³-hybridized carbons (Fsp3) is 0.250. The van der Waals surface area contributed by atoms with Crippen LogP contribution < -0.4 is 10.6 Å². The molecule has 1 saturated heterocycles. The second-order valence-corrected chi connectivity index (χ2v) is 4.81. The average molecular weight is 308 g/mol. The second kappa shape index (κ2) is 5.19. The lowest BCUT2D eigenvalue weighted by molar-refractivity contribution is -0.133. The fourth-order valence-corrected chi connectivity index (χ4v) is 2.20. The maximum atomic E-state index is 11.6. The van der Waals surface area contributed by atoms with Crippen LogP contribution in [0.1, 0.15) is 18.4 Å². The third kappa shape index (κ3) is 2.68. The maximum Gasteiger partial charge on any atom is 0.249 e. The summed E-state index contributed by atoms with van der Waals surface area (Å²) in [6, 6.07) is 6.76. The van der Waals surface area contributed by atoms with Crippen LogP contribution in [-0.4, -0.2) is 17.9 Å². The Kier molecular flexibility index (Phi) is 3.63. The number of hydrogen-bond acceptors (Lipinski definition) is 4. The summed E-state index contributed by atoms with van der Waals surface area (Å²) in [4.78, 5) is 22.6. The monoisotopic (exact) mass is 307 g/mol. The number of anilines is 1. The van der Waals surface area contributed by atoms with Crippen molar-refractivity contribution in [3.05, 3.63) is 28.2 Å². The molecule has 1 atom stereocenters. The van der Waals surface area contributed by atoms with Gasteiger partial charge in [0.15, 0.2) is 0 Å². The number of hydrogen-bond donors (Lipinski definition) is 2. The highest BCUT2D eigenvalue weighted by Gasteiger charge is 2.26. The number of piperidine rings is 1. The van der Waals surface area contributed by atoms with Gasteiger partial charge in [0.25, 0.3) is 0 Å². The molecule has 92 valence electrons. The maximum absolute atomic E-state index is 11.6. The van der Waals surface area contributed by atoms with Crippen molar-refractivity contribution in [1.82, 2.24) is 5.32 Å². The van der Waals surface area contributed by atoms with E-state index in [0.29, 0.717) is 22.9 Å². The van der Waals surface area contributed by atoms with Gasteiger partial charge >= 0.3 is 0 Å². The Morgan fingerprint density at radius 1 is 1.44 bits per heavy atom. The van der Waals surface area contributed by atoms with Crippen molar-refractivity contribution in [3.63, 3.8) is 0 Å². The lowest BCUT2D eigenvalue weighted by atomic mass is 10.1. The molecule has 6 heteroatoms. The minimum atomic E-state index is -0.414. The van der Waals surface area contributed by atoms with Crippen LogP contribution in [0.5, 0.6) is 0 Å². The van der Waals surface area contributed by atoms with Crippen molar-refractivity contribution in [1.29, 1.82) is 5.26 Å². The molecule has 1 heterocycles. The largest absolute Gasteiger partial charge is 0.374 e. The van der Waals surface area contributed by atoms with E-state index in [2.05, 4.69) is 26.6 Å². The highest BCUT2D eigenvalue weighted by atomic mass is 79.9. The zero-order chi connectivity index (χ0) is 13.1. The van der Waals surface area contributed by atoms with E-state index in [1.807, 2.05) is 6.07 Å². The molecule has 0 bridgehead atoms. The molecule has 0 saturated carbocycles. The van der Waals surface area contributed by atoms with Gasteiger partial charge in [-0.25, -0.2) is 0 Å².